The molecule has 0 aromatic heterocycles. The highest BCUT2D eigenvalue weighted by molar-refractivity contribution is 7.46. The van der Waals surface area contributed by atoms with E-state index < -0.39 is 50.5 Å². The number of hydrogen-bond donors (Lipinski definition) is 6. The molecule has 0 amide bonds. The topological polar surface area (TPSA) is 208 Å². The summed E-state index contributed by atoms with van der Waals surface area (Å²) in [5.41, 5.74) is 0.618. The molecular formula is C17H21N4O9P. The first-order valence-electron chi connectivity index (χ1n) is 9.03. The summed E-state index contributed by atoms with van der Waals surface area (Å²) in [6.07, 6.45) is -5.40. The minimum Gasteiger partial charge on any atom is -0.388 e. The fourth-order valence-electron chi connectivity index (χ4n) is 3.06. The summed E-state index contributed by atoms with van der Waals surface area (Å²) in [6, 6.07) is 3.41. The van der Waals surface area contributed by atoms with Crippen LogP contribution >= 0.6 is 7.82 Å². The number of H-pyrrole nitrogens is 1. The molecule has 1 aromatic rings. The third-order valence-electron chi connectivity index (χ3n) is 4.80. The lowest BCUT2D eigenvalue weighted by molar-refractivity contribution is -0.0793. The molecule has 0 saturated carbocycles. The van der Waals surface area contributed by atoms with Crippen molar-refractivity contribution in [3.8, 4) is 11.5 Å². The van der Waals surface area contributed by atoms with Crippen LogP contribution in [0.15, 0.2) is 21.7 Å². The van der Waals surface area contributed by atoms with Gasteiger partial charge in [0.25, 0.3) is 5.56 Å². The van der Waals surface area contributed by atoms with Crippen LogP contribution in [0.3, 0.4) is 0 Å². The second kappa shape index (κ2) is 8.55. The van der Waals surface area contributed by atoms with Crippen molar-refractivity contribution in [3.63, 3.8) is 0 Å². The van der Waals surface area contributed by atoms with E-state index in [9.17, 15) is 29.5 Å². The average molecular weight is 456 g/mol. The highest BCUT2D eigenvalue weighted by Crippen LogP contribution is 2.36. The predicted octanol–water partition coefficient (Wildman–Crippen LogP) is -1.61. The first-order valence-corrected chi connectivity index (χ1v) is 10.6. The smallest absolute Gasteiger partial charge is 0.388 e. The van der Waals surface area contributed by atoms with Gasteiger partial charge in [-0.2, -0.15) is 4.98 Å². The maximum Gasteiger partial charge on any atom is 0.469 e. The quantitative estimate of drug-likeness (QED) is 0.176. The molecule has 0 radical (unpaired) electrons. The van der Waals surface area contributed by atoms with Crippen LogP contribution in [0.2, 0.25) is 0 Å². The molecule has 31 heavy (non-hydrogen) atoms. The van der Waals surface area contributed by atoms with Gasteiger partial charge in [-0.1, -0.05) is 0 Å². The number of aromatic amines is 1. The van der Waals surface area contributed by atoms with Crippen molar-refractivity contribution in [3.05, 3.63) is 44.1 Å². The number of aryl methyl sites for hydroxylation is 2. The normalized spacial score (nSPS) is 15.3. The number of rotatable bonds is 7. The Bertz CT molecular complexity index is 1250. The monoisotopic (exact) mass is 456 g/mol. The first kappa shape index (κ1) is 23.2. The molecule has 168 valence electrons. The van der Waals surface area contributed by atoms with Gasteiger partial charge in [0.05, 0.1) is 24.2 Å². The number of phosphoric ester groups is 1. The zero-order chi connectivity index (χ0) is 23.1. The van der Waals surface area contributed by atoms with Crippen molar-refractivity contribution in [2.45, 2.75) is 38.7 Å². The molecule has 0 bridgehead atoms. The number of hydrogen-bond acceptors (Lipinski definition) is 9. The Morgan fingerprint density at radius 3 is 2.39 bits per heavy atom. The van der Waals surface area contributed by atoms with Crippen molar-refractivity contribution >= 4 is 18.9 Å². The molecule has 2 heterocycles. The Morgan fingerprint density at radius 1 is 1.10 bits per heavy atom. The summed E-state index contributed by atoms with van der Waals surface area (Å²) in [7, 11) is -4.89. The zero-order valence-corrected chi connectivity index (χ0v) is 17.4. The fraction of sp³-hybridized carbons (Fsp3) is 0.412. The van der Waals surface area contributed by atoms with Crippen molar-refractivity contribution in [2.75, 3.05) is 6.61 Å². The van der Waals surface area contributed by atoms with Crippen LogP contribution in [0.4, 0.5) is 0 Å². The molecule has 0 aliphatic carbocycles. The second-order valence-corrected chi connectivity index (χ2v) is 8.34. The molecular weight excluding hydrogens is 435 g/mol. The second-order valence-electron chi connectivity index (χ2n) is 7.10. The fourth-order valence-corrected chi connectivity index (χ4v) is 3.41. The zero-order valence-electron chi connectivity index (χ0n) is 16.5. The van der Waals surface area contributed by atoms with Gasteiger partial charge in [0.2, 0.25) is 0 Å². The molecule has 3 rings (SSSR count). The number of nitrogens with one attached hydrogen (secondary N) is 1. The maximum absolute atomic E-state index is 12.2. The van der Waals surface area contributed by atoms with E-state index in [0.29, 0.717) is 11.0 Å². The highest BCUT2D eigenvalue weighted by Gasteiger charge is 2.29. The third kappa shape index (κ3) is 5.05. The highest BCUT2D eigenvalue weighted by atomic mass is 31.2. The number of fused-ring (bicyclic) bond motifs is 2. The molecule has 0 unspecified atom stereocenters. The first-order chi connectivity index (χ1) is 14.4. The summed E-state index contributed by atoms with van der Waals surface area (Å²) in [4.78, 5) is 51.5. The van der Waals surface area contributed by atoms with Crippen LogP contribution < -0.4 is 11.2 Å². The Labute approximate surface area is 174 Å². The third-order valence-corrected chi connectivity index (χ3v) is 5.28. The van der Waals surface area contributed by atoms with Crippen molar-refractivity contribution < 1.29 is 34.2 Å². The Balaban J connectivity index is 2.06. The van der Waals surface area contributed by atoms with Gasteiger partial charge in [-0.3, -0.25) is 14.3 Å². The van der Waals surface area contributed by atoms with Crippen LogP contribution in [0.5, 0.6) is 0 Å². The lowest BCUT2D eigenvalue weighted by Crippen LogP contribution is -2.42. The van der Waals surface area contributed by atoms with Crippen molar-refractivity contribution in [2.24, 2.45) is 0 Å². The molecule has 6 N–H and O–H groups in total. The van der Waals surface area contributed by atoms with E-state index in [1.165, 1.54) is 4.57 Å². The average Bonchev–Trinajstić information content (AvgIpc) is 2.67. The standard InChI is InChI=1S/C17H21N4O9P/c1-7-3-9-10(4-8(7)2)21(15-13(18-9)16(25)20-17(26)19-15)5-11(22)14(24)12(23)6-30-31(27,28)29/h3-4,11-12,14,22-24H,5-6H2,1-2H3,(H,20,25,26)(H2,27,28,29)/t11-,12-,14-/m0/s1. The molecule has 1 aromatic carbocycles. The summed E-state index contributed by atoms with van der Waals surface area (Å²) >= 11 is 0. The number of benzene rings is 1. The van der Waals surface area contributed by atoms with E-state index in [1.54, 1.807) is 12.1 Å². The van der Waals surface area contributed by atoms with Crippen LogP contribution in [-0.2, 0) is 15.6 Å². The van der Waals surface area contributed by atoms with Crippen LogP contribution in [0.25, 0.3) is 22.6 Å². The van der Waals surface area contributed by atoms with Gasteiger partial charge in [0.15, 0.2) is 11.5 Å². The minimum absolute atomic E-state index is 0.142. The van der Waals surface area contributed by atoms with Gasteiger partial charge in [0.1, 0.15) is 18.3 Å². The van der Waals surface area contributed by atoms with E-state index in [-0.39, 0.29) is 11.5 Å². The number of nitrogens with zero attached hydrogens (tertiary/aromatic N) is 3. The van der Waals surface area contributed by atoms with Gasteiger partial charge in [0, 0.05) is 0 Å². The molecule has 0 saturated heterocycles. The van der Waals surface area contributed by atoms with Gasteiger partial charge in [-0.15, -0.1) is 0 Å². The molecule has 0 fully saturated rings. The van der Waals surface area contributed by atoms with Crippen LogP contribution in [0.1, 0.15) is 11.1 Å². The van der Waals surface area contributed by atoms with Crippen LogP contribution in [0, 0.1) is 13.8 Å². The van der Waals surface area contributed by atoms with Gasteiger partial charge < -0.3 is 29.7 Å². The SMILES string of the molecule is Cc1cc2nc3c(=O)[nH]c(=O)nc-3n(C[C@H](O)[C@H](O)[C@@H](O)COP(=O)(O)O)c2cc1C. The van der Waals surface area contributed by atoms with Gasteiger partial charge in [-0.05, 0) is 37.1 Å². The lowest BCUT2D eigenvalue weighted by atomic mass is 10.1. The van der Waals surface area contributed by atoms with Crippen molar-refractivity contribution in [1.29, 1.82) is 0 Å². The minimum atomic E-state index is -4.89. The van der Waals surface area contributed by atoms with E-state index >= 15 is 0 Å². The Kier molecular flexibility index (Phi) is 6.39. The summed E-state index contributed by atoms with van der Waals surface area (Å²) in [5, 5.41) is 30.5. The largest absolute Gasteiger partial charge is 0.469 e. The lowest BCUT2D eigenvalue weighted by Gasteiger charge is -2.25. The van der Waals surface area contributed by atoms with E-state index in [1.807, 2.05) is 18.8 Å². The van der Waals surface area contributed by atoms with Crippen LogP contribution in [-0.4, -0.2) is 69.5 Å². The predicted molar refractivity (Wildman–Crippen MR) is 107 cm³/mol. The van der Waals surface area contributed by atoms with E-state index in [2.05, 4.69) is 14.5 Å². The molecule has 2 aliphatic rings. The van der Waals surface area contributed by atoms with Crippen molar-refractivity contribution in [1.82, 2.24) is 19.5 Å². The summed E-state index contributed by atoms with van der Waals surface area (Å²) < 4.78 is 16.2. The van der Waals surface area contributed by atoms with Gasteiger partial charge in [-0.25, -0.2) is 14.3 Å². The molecule has 13 nitrogen and oxygen atoms in total. The Hall–Kier alpha value is -2.51. The molecule has 2 aliphatic heterocycles. The number of phosphoric acid groups is 1. The molecule has 14 heteroatoms. The summed E-state index contributed by atoms with van der Waals surface area (Å²) in [5.74, 6) is -0.142. The van der Waals surface area contributed by atoms with E-state index in [4.69, 9.17) is 9.79 Å². The number of aliphatic hydroxyl groups is 3. The maximum atomic E-state index is 12.2. The number of aliphatic hydroxyl groups excluding tert-OH is 3. The van der Waals surface area contributed by atoms with E-state index in [0.717, 1.165) is 11.1 Å². The molecule has 3 atom stereocenters. The Morgan fingerprint density at radius 2 is 1.74 bits per heavy atom. The number of aromatic nitrogens is 4. The molecule has 0 spiro atoms. The van der Waals surface area contributed by atoms with Gasteiger partial charge >= 0.3 is 13.5 Å². The summed E-state index contributed by atoms with van der Waals surface area (Å²) in [6.45, 7) is 2.29.